The minimum absolute atomic E-state index is 0.0123. The minimum Gasteiger partial charge on any atom is -0.364 e. The predicted octanol–water partition coefficient (Wildman–Crippen LogP) is 2.61. The van der Waals surface area contributed by atoms with E-state index in [4.69, 9.17) is 11.5 Å². The minimum atomic E-state index is -0.539. The molecule has 0 aromatic rings. The standard InChI is InChI=1S/C18H31N3O2/c1-15-11-13-21(16(14-15)18(20)23)17(22)10-8-6-4-2-3-5-7-9-12-19/h11,14H,2-10,12-13,19H2,1H3,(H2,20,23). The van der Waals surface area contributed by atoms with Crippen LogP contribution in [-0.4, -0.2) is 29.8 Å². The molecule has 0 fully saturated rings. The molecule has 5 heteroatoms. The topological polar surface area (TPSA) is 89.4 Å². The third kappa shape index (κ3) is 7.46. The van der Waals surface area contributed by atoms with Gasteiger partial charge in [-0.25, -0.2) is 0 Å². The van der Waals surface area contributed by atoms with Crippen LogP contribution in [0.3, 0.4) is 0 Å². The highest BCUT2D eigenvalue weighted by molar-refractivity contribution is 5.97. The number of carbonyl (C=O) groups is 2. The van der Waals surface area contributed by atoms with Gasteiger partial charge in [0.25, 0.3) is 5.91 Å². The zero-order valence-corrected chi connectivity index (χ0v) is 14.4. The van der Waals surface area contributed by atoms with E-state index >= 15 is 0 Å². The monoisotopic (exact) mass is 321 g/mol. The van der Waals surface area contributed by atoms with E-state index in [0.717, 1.165) is 37.8 Å². The van der Waals surface area contributed by atoms with Crippen molar-refractivity contribution >= 4 is 11.8 Å². The fraction of sp³-hybridized carbons (Fsp3) is 0.667. The zero-order valence-electron chi connectivity index (χ0n) is 14.4. The summed E-state index contributed by atoms with van der Waals surface area (Å²) in [7, 11) is 0. The summed E-state index contributed by atoms with van der Waals surface area (Å²) in [4.78, 5) is 25.2. The van der Waals surface area contributed by atoms with E-state index in [-0.39, 0.29) is 5.91 Å². The van der Waals surface area contributed by atoms with Gasteiger partial charge in [-0.2, -0.15) is 0 Å². The first-order valence-electron chi connectivity index (χ1n) is 8.75. The molecule has 0 unspecified atom stereocenters. The Balaban J connectivity index is 2.19. The van der Waals surface area contributed by atoms with Gasteiger partial charge in [0, 0.05) is 13.0 Å². The third-order valence-corrected chi connectivity index (χ3v) is 4.15. The number of rotatable bonds is 11. The van der Waals surface area contributed by atoms with Crippen LogP contribution in [-0.2, 0) is 9.59 Å². The van der Waals surface area contributed by atoms with Crippen LogP contribution in [0.5, 0.6) is 0 Å². The molecule has 23 heavy (non-hydrogen) atoms. The SMILES string of the molecule is CC1=CCN(C(=O)CCCCCCCCCCN)C(C(N)=O)=C1. The van der Waals surface area contributed by atoms with Gasteiger partial charge in [-0.15, -0.1) is 0 Å². The Morgan fingerprint density at radius 1 is 1.04 bits per heavy atom. The molecule has 1 aliphatic heterocycles. The fourth-order valence-electron chi connectivity index (χ4n) is 2.74. The highest BCUT2D eigenvalue weighted by Gasteiger charge is 2.22. The van der Waals surface area contributed by atoms with Crippen LogP contribution in [0.15, 0.2) is 23.4 Å². The molecular formula is C18H31N3O2. The van der Waals surface area contributed by atoms with Gasteiger partial charge in [-0.05, 0) is 32.4 Å². The maximum atomic E-state index is 12.3. The molecule has 0 atom stereocenters. The highest BCUT2D eigenvalue weighted by Crippen LogP contribution is 2.17. The number of carbonyl (C=O) groups excluding carboxylic acids is 2. The Hall–Kier alpha value is -1.62. The number of hydrogen-bond donors (Lipinski definition) is 2. The summed E-state index contributed by atoms with van der Waals surface area (Å²) in [5.41, 5.74) is 12.1. The summed E-state index contributed by atoms with van der Waals surface area (Å²) in [5.74, 6) is -0.551. The van der Waals surface area contributed by atoms with Crippen molar-refractivity contribution in [2.75, 3.05) is 13.1 Å². The molecular weight excluding hydrogens is 290 g/mol. The van der Waals surface area contributed by atoms with Crippen molar-refractivity contribution in [3.63, 3.8) is 0 Å². The number of hydrogen-bond acceptors (Lipinski definition) is 3. The normalized spacial score (nSPS) is 14.4. The van der Waals surface area contributed by atoms with Crippen molar-refractivity contribution in [1.29, 1.82) is 0 Å². The summed E-state index contributed by atoms with van der Waals surface area (Å²) in [6.07, 6.45) is 13.2. The molecule has 0 saturated carbocycles. The molecule has 5 nitrogen and oxygen atoms in total. The van der Waals surface area contributed by atoms with Gasteiger partial charge in [-0.3, -0.25) is 9.59 Å². The van der Waals surface area contributed by atoms with Crippen molar-refractivity contribution in [1.82, 2.24) is 4.90 Å². The molecule has 0 spiro atoms. The van der Waals surface area contributed by atoms with Gasteiger partial charge in [0.05, 0.1) is 0 Å². The Bertz CT molecular complexity index is 455. The van der Waals surface area contributed by atoms with Gasteiger partial charge >= 0.3 is 0 Å². The first-order chi connectivity index (χ1) is 11.1. The molecule has 0 saturated heterocycles. The average molecular weight is 321 g/mol. The second-order valence-electron chi connectivity index (χ2n) is 6.21. The number of nitrogens with two attached hydrogens (primary N) is 2. The van der Waals surface area contributed by atoms with E-state index in [1.807, 2.05) is 13.0 Å². The molecule has 1 rings (SSSR count). The molecule has 1 aliphatic rings. The largest absolute Gasteiger partial charge is 0.364 e. The Kier molecular flexibility index (Phi) is 9.29. The second-order valence-corrected chi connectivity index (χ2v) is 6.21. The van der Waals surface area contributed by atoms with E-state index in [0.29, 0.717) is 18.7 Å². The first kappa shape index (κ1) is 19.4. The zero-order chi connectivity index (χ0) is 17.1. The van der Waals surface area contributed by atoms with Crippen LogP contribution in [0, 0.1) is 0 Å². The summed E-state index contributed by atoms with van der Waals surface area (Å²) in [6.45, 7) is 3.13. The molecule has 0 bridgehead atoms. The lowest BCUT2D eigenvalue weighted by Crippen LogP contribution is -2.38. The summed E-state index contributed by atoms with van der Waals surface area (Å²) < 4.78 is 0. The van der Waals surface area contributed by atoms with Crippen molar-refractivity contribution in [3.8, 4) is 0 Å². The first-order valence-corrected chi connectivity index (χ1v) is 8.75. The highest BCUT2D eigenvalue weighted by atomic mass is 16.2. The van der Waals surface area contributed by atoms with Crippen LogP contribution in [0.25, 0.3) is 0 Å². The molecule has 130 valence electrons. The lowest BCUT2D eigenvalue weighted by atomic mass is 10.1. The molecule has 0 aromatic heterocycles. The van der Waals surface area contributed by atoms with Gasteiger partial charge in [0.2, 0.25) is 5.91 Å². The van der Waals surface area contributed by atoms with Gasteiger partial charge in [0.15, 0.2) is 0 Å². The second kappa shape index (κ2) is 11.0. The molecule has 4 N–H and O–H groups in total. The molecule has 2 amide bonds. The quantitative estimate of drug-likeness (QED) is 0.573. The van der Waals surface area contributed by atoms with Crippen LogP contribution >= 0.6 is 0 Å². The van der Waals surface area contributed by atoms with Crippen molar-refractivity contribution in [2.45, 2.75) is 64.7 Å². The van der Waals surface area contributed by atoms with E-state index in [2.05, 4.69) is 0 Å². The maximum absolute atomic E-state index is 12.3. The van der Waals surface area contributed by atoms with Crippen LogP contribution in [0.4, 0.5) is 0 Å². The molecule has 0 aromatic carbocycles. The smallest absolute Gasteiger partial charge is 0.265 e. The fourth-order valence-corrected chi connectivity index (χ4v) is 2.74. The summed E-state index contributed by atoms with van der Waals surface area (Å²) in [6, 6.07) is 0. The van der Waals surface area contributed by atoms with Crippen LogP contribution in [0.2, 0.25) is 0 Å². The maximum Gasteiger partial charge on any atom is 0.265 e. The van der Waals surface area contributed by atoms with Crippen molar-refractivity contribution < 1.29 is 9.59 Å². The van der Waals surface area contributed by atoms with Crippen molar-refractivity contribution in [2.24, 2.45) is 11.5 Å². The summed E-state index contributed by atoms with van der Waals surface area (Å²) in [5, 5.41) is 0. The number of amides is 2. The number of unbranched alkanes of at least 4 members (excludes halogenated alkanes) is 7. The van der Waals surface area contributed by atoms with Crippen LogP contribution < -0.4 is 11.5 Å². The van der Waals surface area contributed by atoms with E-state index < -0.39 is 5.91 Å². The van der Waals surface area contributed by atoms with E-state index in [1.54, 1.807) is 6.08 Å². The number of nitrogens with zero attached hydrogens (tertiary/aromatic N) is 1. The van der Waals surface area contributed by atoms with Gasteiger partial charge in [-0.1, -0.05) is 50.2 Å². The van der Waals surface area contributed by atoms with Crippen LogP contribution in [0.1, 0.15) is 64.7 Å². The Morgan fingerprint density at radius 2 is 1.61 bits per heavy atom. The predicted molar refractivity (Wildman–Crippen MR) is 93.4 cm³/mol. The molecule has 0 radical (unpaired) electrons. The lowest BCUT2D eigenvalue weighted by molar-refractivity contribution is -0.131. The summed E-state index contributed by atoms with van der Waals surface area (Å²) >= 11 is 0. The third-order valence-electron chi connectivity index (χ3n) is 4.15. The number of allylic oxidation sites excluding steroid dienone is 2. The van der Waals surface area contributed by atoms with Gasteiger partial charge in [0.1, 0.15) is 5.70 Å². The average Bonchev–Trinajstić information content (AvgIpc) is 2.53. The van der Waals surface area contributed by atoms with E-state index in [9.17, 15) is 9.59 Å². The Labute approximate surface area is 139 Å². The molecule has 1 heterocycles. The molecule has 0 aliphatic carbocycles. The lowest BCUT2D eigenvalue weighted by Gasteiger charge is -2.25. The van der Waals surface area contributed by atoms with E-state index in [1.165, 1.54) is 30.6 Å². The van der Waals surface area contributed by atoms with Crippen molar-refractivity contribution in [3.05, 3.63) is 23.4 Å². The number of primary amides is 1. The Morgan fingerprint density at radius 3 is 2.17 bits per heavy atom. The van der Waals surface area contributed by atoms with Gasteiger partial charge < -0.3 is 16.4 Å².